The monoisotopic (exact) mass is 267 g/mol. The smallest absolute Gasteiger partial charge is 0.220 e. The van der Waals surface area contributed by atoms with Gasteiger partial charge in [-0.1, -0.05) is 49.5 Å². The lowest BCUT2D eigenvalue weighted by Gasteiger charge is -2.05. The van der Waals surface area contributed by atoms with Gasteiger partial charge in [0.05, 0.1) is 10.7 Å². The van der Waals surface area contributed by atoms with Gasteiger partial charge in [-0.2, -0.15) is 0 Å². The third-order valence-corrected chi connectivity index (χ3v) is 3.47. The molecule has 0 heterocycles. The van der Waals surface area contributed by atoms with Crippen molar-refractivity contribution in [2.45, 2.75) is 19.8 Å². The number of thioether (sulfide) groups is 1. The first-order chi connectivity index (χ1) is 8.22. The summed E-state index contributed by atoms with van der Waals surface area (Å²) < 4.78 is 0.848. The number of carbonyl (C=O) groups is 1. The molecule has 1 N–H and O–H groups in total. The molecule has 2 nitrogen and oxygen atoms in total. The maximum Gasteiger partial charge on any atom is 0.220 e. The highest BCUT2D eigenvalue weighted by molar-refractivity contribution is 8.23. The quantitative estimate of drug-likeness (QED) is 0.804. The molecule has 0 aliphatic heterocycles. The molecule has 0 radical (unpaired) electrons. The average molecular weight is 267 g/mol. The van der Waals surface area contributed by atoms with E-state index in [4.69, 9.17) is 12.2 Å². The van der Waals surface area contributed by atoms with Gasteiger partial charge in [0.2, 0.25) is 5.91 Å². The lowest BCUT2D eigenvalue weighted by atomic mass is 10.1. The van der Waals surface area contributed by atoms with Gasteiger partial charge in [0.15, 0.2) is 0 Å². The Balaban J connectivity index is 2.20. The van der Waals surface area contributed by atoms with Crippen molar-refractivity contribution >= 4 is 34.1 Å². The van der Waals surface area contributed by atoms with E-state index in [9.17, 15) is 4.79 Å². The lowest BCUT2D eigenvalue weighted by Crippen LogP contribution is -2.27. The fourth-order valence-electron chi connectivity index (χ4n) is 1.37. The van der Waals surface area contributed by atoms with E-state index in [-0.39, 0.29) is 5.91 Å². The Morgan fingerprint density at radius 1 is 1.35 bits per heavy atom. The van der Waals surface area contributed by atoms with Crippen LogP contribution in [0.3, 0.4) is 0 Å². The summed E-state index contributed by atoms with van der Waals surface area (Å²) in [5, 5.41) is 2.84. The molecule has 17 heavy (non-hydrogen) atoms. The number of nitrogens with one attached hydrogen (secondary N) is 1. The molecule has 1 rings (SSSR count). The van der Waals surface area contributed by atoms with Gasteiger partial charge in [-0.15, -0.1) is 11.8 Å². The molecule has 1 aromatic carbocycles. The van der Waals surface area contributed by atoms with Crippen molar-refractivity contribution in [2.75, 3.05) is 12.3 Å². The van der Waals surface area contributed by atoms with Crippen LogP contribution in [0.25, 0.3) is 0 Å². The number of thiocarbonyl (C=S) groups is 1. The van der Waals surface area contributed by atoms with E-state index < -0.39 is 0 Å². The van der Waals surface area contributed by atoms with E-state index in [1.165, 1.54) is 5.56 Å². The predicted molar refractivity (Wildman–Crippen MR) is 78.5 cm³/mol. The number of hydrogen-bond acceptors (Lipinski definition) is 3. The molecule has 0 unspecified atom stereocenters. The van der Waals surface area contributed by atoms with Crippen LogP contribution in [-0.4, -0.2) is 22.4 Å². The number of benzene rings is 1. The molecule has 0 spiro atoms. The second-order valence-electron chi connectivity index (χ2n) is 3.57. The van der Waals surface area contributed by atoms with E-state index in [0.29, 0.717) is 13.0 Å². The van der Waals surface area contributed by atoms with Crippen LogP contribution >= 0.6 is 24.0 Å². The Morgan fingerprint density at radius 3 is 2.71 bits per heavy atom. The van der Waals surface area contributed by atoms with E-state index in [2.05, 4.69) is 5.32 Å². The van der Waals surface area contributed by atoms with Gasteiger partial charge in [-0.05, 0) is 17.7 Å². The summed E-state index contributed by atoms with van der Waals surface area (Å²) in [6.07, 6.45) is 1.30. The van der Waals surface area contributed by atoms with Crippen LogP contribution < -0.4 is 5.32 Å². The lowest BCUT2D eigenvalue weighted by molar-refractivity contribution is -0.120. The summed E-state index contributed by atoms with van der Waals surface area (Å²) in [5.74, 6) is 1.02. The average Bonchev–Trinajstić information content (AvgIpc) is 2.35. The second-order valence-corrected chi connectivity index (χ2v) is 5.68. The van der Waals surface area contributed by atoms with E-state index >= 15 is 0 Å². The molecule has 0 aliphatic carbocycles. The van der Waals surface area contributed by atoms with Crippen molar-refractivity contribution < 1.29 is 4.79 Å². The van der Waals surface area contributed by atoms with Gasteiger partial charge in [0.1, 0.15) is 0 Å². The zero-order valence-electron chi connectivity index (χ0n) is 9.94. The zero-order chi connectivity index (χ0) is 12.5. The van der Waals surface area contributed by atoms with Crippen LogP contribution in [0.4, 0.5) is 0 Å². The summed E-state index contributed by atoms with van der Waals surface area (Å²) in [4.78, 5) is 11.5. The normalized spacial score (nSPS) is 9.94. The van der Waals surface area contributed by atoms with E-state index in [1.54, 1.807) is 11.8 Å². The minimum Gasteiger partial charge on any atom is -0.351 e. The first-order valence-electron chi connectivity index (χ1n) is 5.68. The maximum absolute atomic E-state index is 11.5. The van der Waals surface area contributed by atoms with Crippen LogP contribution in [0.2, 0.25) is 0 Å². The SMILES string of the molecule is CCSC(=S)CNC(=O)CCc1ccccc1. The van der Waals surface area contributed by atoms with Crippen molar-refractivity contribution in [3.8, 4) is 0 Å². The van der Waals surface area contributed by atoms with E-state index in [0.717, 1.165) is 16.4 Å². The third-order valence-electron chi connectivity index (χ3n) is 2.22. The fourth-order valence-corrected chi connectivity index (χ4v) is 2.30. The van der Waals surface area contributed by atoms with Gasteiger partial charge in [0, 0.05) is 6.42 Å². The van der Waals surface area contributed by atoms with Crippen molar-refractivity contribution in [1.29, 1.82) is 0 Å². The van der Waals surface area contributed by atoms with Crippen LogP contribution in [0.1, 0.15) is 18.9 Å². The highest BCUT2D eigenvalue weighted by atomic mass is 32.2. The Bertz CT molecular complexity index is 365. The number of aryl methyl sites for hydroxylation is 1. The van der Waals surface area contributed by atoms with Crippen molar-refractivity contribution in [3.63, 3.8) is 0 Å². The molecular weight excluding hydrogens is 250 g/mol. The molecule has 92 valence electrons. The Labute approximate surface area is 112 Å². The first-order valence-corrected chi connectivity index (χ1v) is 7.08. The number of hydrogen-bond donors (Lipinski definition) is 1. The number of rotatable bonds is 6. The third kappa shape index (κ3) is 6.44. The molecule has 0 bridgehead atoms. The van der Waals surface area contributed by atoms with Crippen molar-refractivity contribution in [2.24, 2.45) is 0 Å². The maximum atomic E-state index is 11.5. The zero-order valence-corrected chi connectivity index (χ0v) is 11.6. The molecule has 1 aromatic rings. The van der Waals surface area contributed by atoms with Crippen molar-refractivity contribution in [3.05, 3.63) is 35.9 Å². The highest BCUT2D eigenvalue weighted by Crippen LogP contribution is 2.03. The molecule has 0 fully saturated rings. The van der Waals surface area contributed by atoms with E-state index in [1.807, 2.05) is 37.3 Å². The topological polar surface area (TPSA) is 29.1 Å². The number of carbonyl (C=O) groups excluding carboxylic acids is 1. The van der Waals surface area contributed by atoms with Crippen LogP contribution in [0.15, 0.2) is 30.3 Å². The van der Waals surface area contributed by atoms with Gasteiger partial charge < -0.3 is 5.32 Å². The van der Waals surface area contributed by atoms with Crippen LogP contribution in [0, 0.1) is 0 Å². The van der Waals surface area contributed by atoms with Gasteiger partial charge in [-0.25, -0.2) is 0 Å². The predicted octanol–water partition coefficient (Wildman–Crippen LogP) is 2.82. The summed E-state index contributed by atoms with van der Waals surface area (Å²) >= 11 is 6.70. The van der Waals surface area contributed by atoms with Gasteiger partial charge >= 0.3 is 0 Å². The fraction of sp³-hybridized carbons (Fsp3) is 0.385. The summed E-state index contributed by atoms with van der Waals surface area (Å²) in [6.45, 7) is 2.55. The second kappa shape index (κ2) is 8.25. The Hall–Kier alpha value is -0.870. The summed E-state index contributed by atoms with van der Waals surface area (Å²) in [7, 11) is 0. The summed E-state index contributed by atoms with van der Waals surface area (Å²) in [5.41, 5.74) is 1.19. The number of amides is 1. The molecule has 0 saturated heterocycles. The Morgan fingerprint density at radius 2 is 2.06 bits per heavy atom. The molecular formula is C13H17NOS2. The van der Waals surface area contributed by atoms with Crippen LogP contribution in [0.5, 0.6) is 0 Å². The van der Waals surface area contributed by atoms with Crippen LogP contribution in [-0.2, 0) is 11.2 Å². The molecule has 0 saturated carbocycles. The largest absolute Gasteiger partial charge is 0.351 e. The minimum atomic E-state index is 0.0629. The Kier molecular flexibility index (Phi) is 6.89. The molecule has 4 heteroatoms. The molecule has 0 atom stereocenters. The summed E-state index contributed by atoms with van der Waals surface area (Å²) in [6, 6.07) is 10.0. The standard InChI is InChI=1S/C13H17NOS2/c1-2-17-13(16)10-14-12(15)9-8-11-6-4-3-5-7-11/h3-7H,2,8-10H2,1H3,(H,14,15). The van der Waals surface area contributed by atoms with Gasteiger partial charge in [0.25, 0.3) is 0 Å². The first kappa shape index (κ1) is 14.2. The van der Waals surface area contributed by atoms with Gasteiger partial charge in [-0.3, -0.25) is 4.79 Å². The minimum absolute atomic E-state index is 0.0629. The molecule has 0 aromatic heterocycles. The molecule has 0 aliphatic rings. The van der Waals surface area contributed by atoms with Crippen molar-refractivity contribution in [1.82, 2.24) is 5.32 Å². The molecule has 1 amide bonds. The highest BCUT2D eigenvalue weighted by Gasteiger charge is 2.03.